The van der Waals surface area contributed by atoms with E-state index >= 15 is 0 Å². The van der Waals surface area contributed by atoms with E-state index in [4.69, 9.17) is 4.74 Å². The van der Waals surface area contributed by atoms with Gasteiger partial charge in [0.1, 0.15) is 17.6 Å². The standard InChI is InChI=1S/C18H22N4O4/c1-4-15(26-13-7-5-6-11(2)8-13)17(23)22-10-16-20-19-12(3)21(16)9-14(22)18(24)25/h5-8,14-15H,4,9-10H2,1-3H3,(H,24,25). The number of hydrogen-bond donors (Lipinski definition) is 1. The molecule has 0 spiro atoms. The molecule has 1 aliphatic rings. The van der Waals surface area contributed by atoms with Gasteiger partial charge in [0.05, 0.1) is 13.1 Å². The molecule has 3 rings (SSSR count). The van der Waals surface area contributed by atoms with Gasteiger partial charge in [-0.25, -0.2) is 4.79 Å². The fourth-order valence-electron chi connectivity index (χ4n) is 3.10. The molecule has 2 heterocycles. The molecule has 2 aromatic rings. The van der Waals surface area contributed by atoms with Crippen LogP contribution in [0.25, 0.3) is 0 Å². The predicted octanol–water partition coefficient (Wildman–Crippen LogP) is 1.55. The highest BCUT2D eigenvalue weighted by molar-refractivity contribution is 5.86. The summed E-state index contributed by atoms with van der Waals surface area (Å²) in [5, 5.41) is 17.6. The van der Waals surface area contributed by atoms with Gasteiger partial charge in [0, 0.05) is 0 Å². The predicted molar refractivity (Wildman–Crippen MR) is 92.6 cm³/mol. The fraction of sp³-hybridized carbons (Fsp3) is 0.444. The van der Waals surface area contributed by atoms with Crippen molar-refractivity contribution in [3.05, 3.63) is 41.5 Å². The van der Waals surface area contributed by atoms with E-state index in [2.05, 4.69) is 10.2 Å². The van der Waals surface area contributed by atoms with Crippen LogP contribution < -0.4 is 4.74 Å². The quantitative estimate of drug-likeness (QED) is 0.871. The van der Waals surface area contributed by atoms with Crippen LogP contribution in [0.1, 0.15) is 30.6 Å². The third kappa shape index (κ3) is 3.40. The van der Waals surface area contributed by atoms with Gasteiger partial charge in [-0.3, -0.25) is 4.79 Å². The number of carboxylic acids is 1. The van der Waals surface area contributed by atoms with Crippen molar-refractivity contribution in [1.29, 1.82) is 0 Å². The van der Waals surface area contributed by atoms with Crippen molar-refractivity contribution in [2.24, 2.45) is 0 Å². The van der Waals surface area contributed by atoms with Crippen molar-refractivity contribution in [3.8, 4) is 5.75 Å². The molecule has 1 N–H and O–H groups in total. The molecule has 0 fully saturated rings. The van der Waals surface area contributed by atoms with Gasteiger partial charge in [-0.2, -0.15) is 0 Å². The second-order valence-corrected chi connectivity index (χ2v) is 6.43. The molecule has 0 aliphatic carbocycles. The molecule has 0 saturated heterocycles. The summed E-state index contributed by atoms with van der Waals surface area (Å²) in [6.45, 7) is 5.78. The maximum atomic E-state index is 13.0. The van der Waals surface area contributed by atoms with Crippen LogP contribution in [0.5, 0.6) is 5.75 Å². The van der Waals surface area contributed by atoms with Crippen LogP contribution in [0, 0.1) is 13.8 Å². The molecule has 1 aliphatic heterocycles. The molecule has 8 heteroatoms. The minimum atomic E-state index is -1.05. The second kappa shape index (κ2) is 7.15. The summed E-state index contributed by atoms with van der Waals surface area (Å²) >= 11 is 0. The van der Waals surface area contributed by atoms with Gasteiger partial charge < -0.3 is 19.3 Å². The fourth-order valence-corrected chi connectivity index (χ4v) is 3.10. The molecule has 26 heavy (non-hydrogen) atoms. The first-order chi connectivity index (χ1) is 12.4. The van der Waals surface area contributed by atoms with Gasteiger partial charge in [-0.05, 0) is 38.0 Å². The molecular weight excluding hydrogens is 336 g/mol. The Morgan fingerprint density at radius 2 is 2.12 bits per heavy atom. The number of rotatable bonds is 5. The van der Waals surface area contributed by atoms with Crippen molar-refractivity contribution in [2.45, 2.75) is 52.4 Å². The smallest absolute Gasteiger partial charge is 0.328 e. The highest BCUT2D eigenvalue weighted by Gasteiger charge is 2.39. The number of carbonyl (C=O) groups is 2. The third-order valence-corrected chi connectivity index (χ3v) is 4.54. The highest BCUT2D eigenvalue weighted by atomic mass is 16.5. The summed E-state index contributed by atoms with van der Waals surface area (Å²) in [4.78, 5) is 26.1. The lowest BCUT2D eigenvalue weighted by atomic mass is 10.1. The maximum Gasteiger partial charge on any atom is 0.328 e. The summed E-state index contributed by atoms with van der Waals surface area (Å²) in [6.07, 6.45) is -0.323. The van der Waals surface area contributed by atoms with Gasteiger partial charge in [0.15, 0.2) is 11.9 Å². The number of benzene rings is 1. The number of amides is 1. The number of carbonyl (C=O) groups excluding carboxylic acids is 1. The molecule has 1 amide bonds. The SMILES string of the molecule is CCC(Oc1cccc(C)c1)C(=O)N1Cc2nnc(C)n2CC1C(=O)O. The maximum absolute atomic E-state index is 13.0. The van der Waals surface area contributed by atoms with Gasteiger partial charge in [-0.15, -0.1) is 10.2 Å². The molecule has 1 aromatic carbocycles. The van der Waals surface area contributed by atoms with Gasteiger partial charge in [0.2, 0.25) is 0 Å². The number of carboxylic acid groups (broad SMARTS) is 1. The van der Waals surface area contributed by atoms with E-state index in [-0.39, 0.29) is 19.0 Å². The molecule has 0 saturated carbocycles. The monoisotopic (exact) mass is 358 g/mol. The molecule has 8 nitrogen and oxygen atoms in total. The first-order valence-corrected chi connectivity index (χ1v) is 8.56. The highest BCUT2D eigenvalue weighted by Crippen LogP contribution is 2.22. The Morgan fingerprint density at radius 3 is 2.77 bits per heavy atom. The average Bonchev–Trinajstić information content (AvgIpc) is 2.98. The summed E-state index contributed by atoms with van der Waals surface area (Å²) < 4.78 is 7.59. The molecular formula is C18H22N4O4. The number of hydrogen-bond acceptors (Lipinski definition) is 5. The number of fused-ring (bicyclic) bond motifs is 1. The van der Waals surface area contributed by atoms with Crippen molar-refractivity contribution < 1.29 is 19.4 Å². The minimum absolute atomic E-state index is 0.102. The molecule has 1 aromatic heterocycles. The number of nitrogens with zero attached hydrogens (tertiary/aromatic N) is 4. The van der Waals surface area contributed by atoms with Crippen LogP contribution in [0.3, 0.4) is 0 Å². The van der Waals surface area contributed by atoms with Gasteiger partial charge >= 0.3 is 5.97 Å². The zero-order valence-electron chi connectivity index (χ0n) is 15.0. The lowest BCUT2D eigenvalue weighted by Crippen LogP contribution is -2.54. The van der Waals surface area contributed by atoms with E-state index in [1.807, 2.05) is 32.0 Å². The molecule has 138 valence electrons. The van der Waals surface area contributed by atoms with Crippen LogP contribution in [0.2, 0.25) is 0 Å². The van der Waals surface area contributed by atoms with Crippen molar-refractivity contribution in [3.63, 3.8) is 0 Å². The zero-order valence-corrected chi connectivity index (χ0v) is 15.0. The van der Waals surface area contributed by atoms with Crippen molar-refractivity contribution >= 4 is 11.9 Å². The van der Waals surface area contributed by atoms with E-state index in [9.17, 15) is 14.7 Å². The molecule has 2 atom stereocenters. The number of aryl methyl sites for hydroxylation is 2. The van der Waals surface area contributed by atoms with Crippen LogP contribution in [-0.2, 0) is 22.7 Å². The van der Waals surface area contributed by atoms with E-state index in [1.165, 1.54) is 4.90 Å². The van der Waals surface area contributed by atoms with Gasteiger partial charge in [0.25, 0.3) is 5.91 Å². The van der Waals surface area contributed by atoms with Crippen LogP contribution in [0.15, 0.2) is 24.3 Å². The van der Waals surface area contributed by atoms with Crippen molar-refractivity contribution in [2.75, 3.05) is 0 Å². The first kappa shape index (κ1) is 17.9. The van der Waals surface area contributed by atoms with Crippen LogP contribution in [0.4, 0.5) is 0 Å². The Hall–Kier alpha value is -2.90. The number of aromatic nitrogens is 3. The average molecular weight is 358 g/mol. The minimum Gasteiger partial charge on any atom is -0.481 e. The van der Waals surface area contributed by atoms with E-state index in [0.29, 0.717) is 23.8 Å². The zero-order chi connectivity index (χ0) is 18.8. The molecule has 0 bridgehead atoms. The second-order valence-electron chi connectivity index (χ2n) is 6.43. The summed E-state index contributed by atoms with van der Waals surface area (Å²) in [6, 6.07) is 6.46. The van der Waals surface area contributed by atoms with Crippen LogP contribution >= 0.6 is 0 Å². The van der Waals surface area contributed by atoms with E-state index in [1.54, 1.807) is 17.6 Å². The van der Waals surface area contributed by atoms with E-state index in [0.717, 1.165) is 5.56 Å². The normalized spacial score (nSPS) is 17.5. The molecule has 0 radical (unpaired) electrons. The lowest BCUT2D eigenvalue weighted by Gasteiger charge is -2.35. The van der Waals surface area contributed by atoms with Crippen molar-refractivity contribution in [1.82, 2.24) is 19.7 Å². The Labute approximate surface area is 151 Å². The topological polar surface area (TPSA) is 97.5 Å². The van der Waals surface area contributed by atoms with Crippen LogP contribution in [-0.4, -0.2) is 48.8 Å². The molecule has 2 unspecified atom stereocenters. The first-order valence-electron chi connectivity index (χ1n) is 8.56. The Balaban J connectivity index is 1.84. The van der Waals surface area contributed by atoms with Gasteiger partial charge in [-0.1, -0.05) is 19.1 Å². The lowest BCUT2D eigenvalue weighted by molar-refractivity contribution is -0.156. The Kier molecular flexibility index (Phi) is 4.92. The number of ether oxygens (including phenoxy) is 1. The summed E-state index contributed by atoms with van der Waals surface area (Å²) in [5.41, 5.74) is 1.02. The van der Waals surface area contributed by atoms with E-state index < -0.39 is 18.1 Å². The number of aliphatic carboxylic acids is 1. The largest absolute Gasteiger partial charge is 0.481 e. The Bertz CT molecular complexity index is 832. The third-order valence-electron chi connectivity index (χ3n) is 4.54. The Morgan fingerprint density at radius 1 is 1.35 bits per heavy atom. The summed E-state index contributed by atoms with van der Waals surface area (Å²) in [7, 11) is 0. The summed E-state index contributed by atoms with van der Waals surface area (Å²) in [5.74, 6) is 0.407.